The fraction of sp³-hybridized carbons (Fsp3) is 0.176. The zero-order valence-electron chi connectivity index (χ0n) is 12.2. The van der Waals surface area contributed by atoms with Gasteiger partial charge in [0.25, 0.3) is 11.1 Å². The monoisotopic (exact) mass is 312 g/mol. The van der Waals surface area contributed by atoms with E-state index in [2.05, 4.69) is 4.98 Å². The summed E-state index contributed by atoms with van der Waals surface area (Å²) in [6.07, 6.45) is 0. The van der Waals surface area contributed by atoms with E-state index in [-0.39, 0.29) is 12.5 Å². The Bertz CT molecular complexity index is 737. The smallest absolute Gasteiger partial charge is 0.274 e. The predicted octanol–water partition coefficient (Wildman–Crippen LogP) is 3.73. The molecule has 0 N–H and O–H groups in total. The van der Waals surface area contributed by atoms with Gasteiger partial charge in [0.15, 0.2) is 6.61 Å². The lowest BCUT2D eigenvalue weighted by Gasteiger charge is -2.20. The number of aromatic nitrogens is 1. The Labute approximate surface area is 133 Å². The highest BCUT2D eigenvalue weighted by Gasteiger charge is 2.15. The van der Waals surface area contributed by atoms with Crippen LogP contribution in [0.15, 0.2) is 54.6 Å². The van der Waals surface area contributed by atoms with Crippen molar-refractivity contribution in [3.8, 4) is 5.19 Å². The first-order valence-electron chi connectivity index (χ1n) is 7.11. The summed E-state index contributed by atoms with van der Waals surface area (Å²) in [6, 6.07) is 17.4. The van der Waals surface area contributed by atoms with Crippen LogP contribution >= 0.6 is 11.3 Å². The molecule has 0 aliphatic rings. The molecule has 0 bridgehead atoms. The molecule has 0 radical (unpaired) electrons. The van der Waals surface area contributed by atoms with Crippen molar-refractivity contribution in [2.45, 2.75) is 6.92 Å². The molecule has 0 unspecified atom stereocenters. The minimum Gasteiger partial charge on any atom is -0.460 e. The van der Waals surface area contributed by atoms with Crippen molar-refractivity contribution in [2.75, 3.05) is 18.1 Å². The predicted molar refractivity (Wildman–Crippen MR) is 89.6 cm³/mol. The fourth-order valence-corrected chi connectivity index (χ4v) is 3.04. The second-order valence-corrected chi connectivity index (χ2v) is 5.70. The van der Waals surface area contributed by atoms with Crippen LogP contribution in [0.5, 0.6) is 5.19 Å². The lowest BCUT2D eigenvalue weighted by molar-refractivity contribution is -0.120. The Balaban J connectivity index is 1.68. The van der Waals surface area contributed by atoms with Crippen molar-refractivity contribution >= 4 is 33.1 Å². The maximum atomic E-state index is 12.3. The van der Waals surface area contributed by atoms with E-state index in [0.717, 1.165) is 15.9 Å². The fourth-order valence-electron chi connectivity index (χ4n) is 2.23. The highest BCUT2D eigenvalue weighted by atomic mass is 32.1. The van der Waals surface area contributed by atoms with Crippen molar-refractivity contribution in [3.05, 3.63) is 54.6 Å². The standard InChI is InChI=1S/C17H16N2O2S/c1-2-19(13-8-4-3-5-9-13)16(20)12-21-17-18-14-10-6-7-11-15(14)22-17/h3-11H,2,12H2,1H3. The van der Waals surface area contributed by atoms with Gasteiger partial charge in [-0.05, 0) is 31.2 Å². The van der Waals surface area contributed by atoms with E-state index in [1.165, 1.54) is 11.3 Å². The van der Waals surface area contributed by atoms with Gasteiger partial charge in [-0.3, -0.25) is 4.79 Å². The summed E-state index contributed by atoms with van der Waals surface area (Å²) in [5, 5.41) is 0.527. The van der Waals surface area contributed by atoms with Crippen molar-refractivity contribution in [1.29, 1.82) is 0 Å². The van der Waals surface area contributed by atoms with Gasteiger partial charge >= 0.3 is 0 Å². The molecule has 0 spiro atoms. The van der Waals surface area contributed by atoms with E-state index >= 15 is 0 Å². The van der Waals surface area contributed by atoms with Crippen LogP contribution in [0.2, 0.25) is 0 Å². The van der Waals surface area contributed by atoms with E-state index in [1.54, 1.807) is 4.90 Å². The third kappa shape index (κ3) is 3.09. The molecule has 2 aromatic carbocycles. The van der Waals surface area contributed by atoms with Gasteiger partial charge < -0.3 is 9.64 Å². The lowest BCUT2D eigenvalue weighted by atomic mass is 10.3. The Hall–Kier alpha value is -2.40. The first kappa shape index (κ1) is 14.5. The van der Waals surface area contributed by atoms with Crippen LogP contribution < -0.4 is 9.64 Å². The zero-order valence-corrected chi connectivity index (χ0v) is 13.0. The molecule has 3 aromatic rings. The molecule has 22 heavy (non-hydrogen) atoms. The molecular weight excluding hydrogens is 296 g/mol. The summed E-state index contributed by atoms with van der Waals surface area (Å²) in [5.74, 6) is -0.0760. The number of para-hydroxylation sites is 2. The number of fused-ring (bicyclic) bond motifs is 1. The molecule has 4 nitrogen and oxygen atoms in total. The number of benzene rings is 2. The van der Waals surface area contributed by atoms with E-state index in [9.17, 15) is 4.79 Å². The number of nitrogens with zero attached hydrogens (tertiary/aromatic N) is 2. The summed E-state index contributed by atoms with van der Waals surface area (Å²) < 4.78 is 6.63. The molecule has 1 aromatic heterocycles. The largest absolute Gasteiger partial charge is 0.460 e. The summed E-state index contributed by atoms with van der Waals surface area (Å²) in [4.78, 5) is 18.4. The minimum absolute atomic E-state index is 0.0114. The minimum atomic E-state index is -0.0760. The third-order valence-corrected chi connectivity index (χ3v) is 4.23. The molecule has 1 heterocycles. The number of ether oxygens (including phenoxy) is 1. The number of hydrogen-bond donors (Lipinski definition) is 0. The summed E-state index contributed by atoms with van der Waals surface area (Å²) >= 11 is 1.45. The van der Waals surface area contributed by atoms with E-state index in [0.29, 0.717) is 11.7 Å². The quantitative estimate of drug-likeness (QED) is 0.721. The molecule has 0 atom stereocenters. The lowest BCUT2D eigenvalue weighted by Crippen LogP contribution is -2.34. The van der Waals surface area contributed by atoms with E-state index in [1.807, 2.05) is 61.5 Å². The second kappa shape index (κ2) is 6.58. The molecule has 0 fully saturated rings. The zero-order chi connectivity index (χ0) is 15.4. The van der Waals surface area contributed by atoms with Crippen LogP contribution in [0.3, 0.4) is 0 Å². The first-order valence-corrected chi connectivity index (χ1v) is 7.93. The number of amides is 1. The molecule has 5 heteroatoms. The van der Waals surface area contributed by atoms with Gasteiger partial charge in [-0.2, -0.15) is 0 Å². The molecular formula is C17H16N2O2S. The van der Waals surface area contributed by atoms with Gasteiger partial charge in [0.2, 0.25) is 0 Å². The number of thiazole rings is 1. The van der Waals surface area contributed by atoms with Crippen LogP contribution in [0.1, 0.15) is 6.92 Å². The van der Waals surface area contributed by atoms with Gasteiger partial charge in [0, 0.05) is 12.2 Å². The second-order valence-electron chi connectivity index (χ2n) is 4.71. The molecule has 112 valence electrons. The molecule has 3 rings (SSSR count). The average Bonchev–Trinajstić information content (AvgIpc) is 2.97. The highest BCUT2D eigenvalue weighted by Crippen LogP contribution is 2.27. The first-order chi connectivity index (χ1) is 10.8. The van der Waals surface area contributed by atoms with Gasteiger partial charge in [0.1, 0.15) is 0 Å². The summed E-state index contributed by atoms with van der Waals surface area (Å²) in [7, 11) is 0. The topological polar surface area (TPSA) is 42.4 Å². The van der Waals surface area contributed by atoms with Crippen LogP contribution in [-0.2, 0) is 4.79 Å². The number of carbonyl (C=O) groups excluding carboxylic acids is 1. The van der Waals surface area contributed by atoms with Gasteiger partial charge in [-0.1, -0.05) is 41.7 Å². The molecule has 0 saturated heterocycles. The molecule has 1 amide bonds. The van der Waals surface area contributed by atoms with Crippen molar-refractivity contribution < 1.29 is 9.53 Å². The Kier molecular flexibility index (Phi) is 4.34. The Morgan fingerprint density at radius 2 is 1.86 bits per heavy atom. The number of rotatable bonds is 5. The number of carbonyl (C=O) groups is 1. The molecule has 0 aliphatic carbocycles. The number of hydrogen-bond acceptors (Lipinski definition) is 4. The van der Waals surface area contributed by atoms with E-state index in [4.69, 9.17) is 4.74 Å². The van der Waals surface area contributed by atoms with Crippen LogP contribution in [0.25, 0.3) is 10.2 Å². The van der Waals surface area contributed by atoms with Crippen LogP contribution in [0.4, 0.5) is 5.69 Å². The maximum Gasteiger partial charge on any atom is 0.274 e. The number of likely N-dealkylation sites (N-methyl/N-ethyl adjacent to an activating group) is 1. The normalized spacial score (nSPS) is 10.6. The van der Waals surface area contributed by atoms with E-state index < -0.39 is 0 Å². The Morgan fingerprint density at radius 3 is 2.59 bits per heavy atom. The third-order valence-electron chi connectivity index (χ3n) is 3.28. The van der Waals surface area contributed by atoms with Crippen LogP contribution in [-0.4, -0.2) is 24.0 Å². The summed E-state index contributed by atoms with van der Waals surface area (Å²) in [6.45, 7) is 2.54. The molecule has 0 saturated carbocycles. The van der Waals surface area contributed by atoms with Gasteiger partial charge in [-0.25, -0.2) is 4.98 Å². The highest BCUT2D eigenvalue weighted by molar-refractivity contribution is 7.20. The SMILES string of the molecule is CCN(C(=O)COc1nc2ccccc2s1)c1ccccc1. The van der Waals surface area contributed by atoms with Gasteiger partial charge in [-0.15, -0.1) is 0 Å². The van der Waals surface area contributed by atoms with Gasteiger partial charge in [0.05, 0.1) is 10.2 Å². The van der Waals surface area contributed by atoms with Crippen molar-refractivity contribution in [2.24, 2.45) is 0 Å². The van der Waals surface area contributed by atoms with Crippen LogP contribution in [0, 0.1) is 0 Å². The molecule has 0 aliphatic heterocycles. The maximum absolute atomic E-state index is 12.3. The van der Waals surface area contributed by atoms with Crippen molar-refractivity contribution in [3.63, 3.8) is 0 Å². The average molecular weight is 312 g/mol. The Morgan fingerprint density at radius 1 is 1.14 bits per heavy atom. The number of anilines is 1. The summed E-state index contributed by atoms with van der Waals surface area (Å²) in [5.41, 5.74) is 1.77. The van der Waals surface area contributed by atoms with Crippen molar-refractivity contribution in [1.82, 2.24) is 4.98 Å².